The van der Waals surface area contributed by atoms with Crippen molar-refractivity contribution in [3.05, 3.63) is 24.3 Å². The first-order valence-corrected chi connectivity index (χ1v) is 8.76. The van der Waals surface area contributed by atoms with Crippen molar-refractivity contribution in [2.75, 3.05) is 5.32 Å². The van der Waals surface area contributed by atoms with Crippen LogP contribution >= 0.6 is 0 Å². The van der Waals surface area contributed by atoms with Gasteiger partial charge in [0.2, 0.25) is 10.0 Å². The van der Waals surface area contributed by atoms with Crippen molar-refractivity contribution < 1.29 is 8.42 Å². The summed E-state index contributed by atoms with van der Waals surface area (Å²) in [5.41, 5.74) is 1.21. The third kappa shape index (κ3) is 3.33. The summed E-state index contributed by atoms with van der Waals surface area (Å²) in [7, 11) is -3.39. The third-order valence-electron chi connectivity index (χ3n) is 3.95. The van der Waals surface area contributed by atoms with Gasteiger partial charge in [-0.05, 0) is 63.8 Å². The summed E-state index contributed by atoms with van der Waals surface area (Å²) in [4.78, 5) is 0.316. The molecule has 0 saturated heterocycles. The van der Waals surface area contributed by atoms with Crippen molar-refractivity contribution in [2.45, 2.75) is 62.9 Å². The first-order chi connectivity index (χ1) is 9.37. The highest BCUT2D eigenvalue weighted by molar-refractivity contribution is 7.89. The van der Waals surface area contributed by atoms with E-state index in [1.165, 1.54) is 19.3 Å². The van der Waals surface area contributed by atoms with Crippen molar-refractivity contribution in [1.29, 1.82) is 0 Å². The molecule has 1 saturated carbocycles. The second-order valence-corrected chi connectivity index (χ2v) is 7.63. The van der Waals surface area contributed by atoms with Crippen LogP contribution in [0.15, 0.2) is 29.2 Å². The topological polar surface area (TPSA) is 58.2 Å². The van der Waals surface area contributed by atoms with Crippen molar-refractivity contribution in [1.82, 2.24) is 4.72 Å². The maximum absolute atomic E-state index is 12.0. The summed E-state index contributed by atoms with van der Waals surface area (Å²) in [5.74, 6) is 0. The predicted molar refractivity (Wildman–Crippen MR) is 82.4 cm³/mol. The molecule has 112 valence electrons. The van der Waals surface area contributed by atoms with E-state index in [4.69, 9.17) is 0 Å². The van der Waals surface area contributed by atoms with E-state index < -0.39 is 10.0 Å². The van der Waals surface area contributed by atoms with Crippen molar-refractivity contribution >= 4 is 15.7 Å². The molecule has 2 rings (SSSR count). The van der Waals surface area contributed by atoms with Crippen LogP contribution in [0, 0.1) is 0 Å². The van der Waals surface area contributed by atoms with Gasteiger partial charge in [0.15, 0.2) is 0 Å². The van der Waals surface area contributed by atoms with Crippen LogP contribution in [0.25, 0.3) is 0 Å². The van der Waals surface area contributed by atoms with Crippen LogP contribution in [0.5, 0.6) is 0 Å². The molecule has 0 amide bonds. The van der Waals surface area contributed by atoms with Gasteiger partial charge in [0, 0.05) is 17.3 Å². The molecule has 1 aromatic carbocycles. The van der Waals surface area contributed by atoms with Crippen LogP contribution in [0.4, 0.5) is 5.69 Å². The van der Waals surface area contributed by atoms with Gasteiger partial charge >= 0.3 is 0 Å². The van der Waals surface area contributed by atoms with Crippen LogP contribution in [-0.2, 0) is 10.0 Å². The maximum atomic E-state index is 12.0. The van der Waals surface area contributed by atoms with Gasteiger partial charge in [-0.3, -0.25) is 0 Å². The van der Waals surface area contributed by atoms with E-state index in [9.17, 15) is 8.42 Å². The predicted octanol–water partition coefficient (Wildman–Crippen LogP) is 3.12. The van der Waals surface area contributed by atoms with E-state index in [0.717, 1.165) is 12.1 Å². The maximum Gasteiger partial charge on any atom is 0.240 e. The standard InChI is InChI=1S/C15H24N2O2S/c1-4-15(10-5-11-15)16-13-6-8-14(9-7-13)20(18,19)17-12(2)3/h6-9,12,16-17H,4-5,10-11H2,1-3H3. The number of sulfonamides is 1. The van der Waals surface area contributed by atoms with Crippen LogP contribution in [0.1, 0.15) is 46.5 Å². The summed E-state index contributed by atoms with van der Waals surface area (Å²) < 4.78 is 26.7. The Kier molecular flexibility index (Phi) is 4.39. The average Bonchev–Trinajstić information content (AvgIpc) is 2.33. The number of anilines is 1. The van der Waals surface area contributed by atoms with Gasteiger partial charge in [0.1, 0.15) is 0 Å². The summed E-state index contributed by atoms with van der Waals surface area (Å²) >= 11 is 0. The minimum absolute atomic E-state index is 0.101. The first kappa shape index (κ1) is 15.3. The Morgan fingerprint density at radius 3 is 2.20 bits per heavy atom. The Hall–Kier alpha value is -1.07. The lowest BCUT2D eigenvalue weighted by Crippen LogP contribution is -2.44. The number of hydrogen-bond donors (Lipinski definition) is 2. The Bertz CT molecular complexity index is 540. The van der Waals surface area contributed by atoms with Gasteiger partial charge in [-0.1, -0.05) is 6.92 Å². The van der Waals surface area contributed by atoms with Crippen LogP contribution < -0.4 is 10.0 Å². The molecule has 1 aliphatic carbocycles. The molecule has 4 nitrogen and oxygen atoms in total. The number of nitrogens with one attached hydrogen (secondary N) is 2. The molecule has 0 bridgehead atoms. The lowest BCUT2D eigenvalue weighted by molar-refractivity contribution is 0.269. The molecule has 0 unspecified atom stereocenters. The first-order valence-electron chi connectivity index (χ1n) is 7.27. The number of hydrogen-bond acceptors (Lipinski definition) is 3. The summed E-state index contributed by atoms with van der Waals surface area (Å²) in [5, 5.41) is 3.55. The highest BCUT2D eigenvalue weighted by Crippen LogP contribution is 2.37. The monoisotopic (exact) mass is 296 g/mol. The zero-order valence-electron chi connectivity index (χ0n) is 12.4. The quantitative estimate of drug-likeness (QED) is 0.848. The molecule has 0 heterocycles. The highest BCUT2D eigenvalue weighted by Gasteiger charge is 2.34. The third-order valence-corrected chi connectivity index (χ3v) is 5.63. The Balaban J connectivity index is 2.10. The molecule has 1 fully saturated rings. The molecule has 1 aliphatic rings. The van der Waals surface area contributed by atoms with Crippen molar-refractivity contribution in [3.8, 4) is 0 Å². The average molecular weight is 296 g/mol. The van der Waals surface area contributed by atoms with E-state index in [1.54, 1.807) is 12.1 Å². The van der Waals surface area contributed by atoms with Gasteiger partial charge in [-0.2, -0.15) is 0 Å². The van der Waals surface area contributed by atoms with Gasteiger partial charge in [-0.15, -0.1) is 0 Å². The fraction of sp³-hybridized carbons (Fsp3) is 0.600. The number of benzene rings is 1. The number of rotatable bonds is 6. The zero-order chi connectivity index (χ0) is 14.8. The van der Waals surface area contributed by atoms with Crippen LogP contribution in [0.3, 0.4) is 0 Å². The van der Waals surface area contributed by atoms with Gasteiger partial charge in [0.25, 0.3) is 0 Å². The summed E-state index contributed by atoms with van der Waals surface area (Å²) in [6.45, 7) is 5.82. The molecule has 5 heteroatoms. The second kappa shape index (κ2) is 5.74. The molecular formula is C15H24N2O2S. The normalized spacial score (nSPS) is 17.8. The summed E-state index contributed by atoms with van der Waals surface area (Å²) in [6, 6.07) is 6.93. The fourth-order valence-corrected chi connectivity index (χ4v) is 3.82. The van der Waals surface area contributed by atoms with E-state index in [2.05, 4.69) is 17.0 Å². The second-order valence-electron chi connectivity index (χ2n) is 5.91. The molecular weight excluding hydrogens is 272 g/mol. The van der Waals surface area contributed by atoms with Crippen LogP contribution in [0.2, 0.25) is 0 Å². The molecule has 0 radical (unpaired) electrons. The molecule has 2 N–H and O–H groups in total. The van der Waals surface area contributed by atoms with Crippen molar-refractivity contribution in [2.24, 2.45) is 0 Å². The summed E-state index contributed by atoms with van der Waals surface area (Å²) in [6.07, 6.45) is 4.75. The van der Waals surface area contributed by atoms with E-state index >= 15 is 0 Å². The van der Waals surface area contributed by atoms with E-state index in [0.29, 0.717) is 4.90 Å². The fourth-order valence-electron chi connectivity index (χ4n) is 2.57. The highest BCUT2D eigenvalue weighted by atomic mass is 32.2. The Morgan fingerprint density at radius 2 is 1.80 bits per heavy atom. The smallest absolute Gasteiger partial charge is 0.240 e. The van der Waals surface area contributed by atoms with E-state index in [1.807, 2.05) is 26.0 Å². The minimum atomic E-state index is -3.39. The lowest BCUT2D eigenvalue weighted by atomic mass is 9.74. The van der Waals surface area contributed by atoms with E-state index in [-0.39, 0.29) is 11.6 Å². The van der Waals surface area contributed by atoms with Gasteiger partial charge in [-0.25, -0.2) is 13.1 Å². The van der Waals surface area contributed by atoms with Gasteiger partial charge < -0.3 is 5.32 Å². The van der Waals surface area contributed by atoms with Gasteiger partial charge in [0.05, 0.1) is 4.90 Å². The molecule has 0 spiro atoms. The van der Waals surface area contributed by atoms with Crippen LogP contribution in [-0.4, -0.2) is 20.0 Å². The van der Waals surface area contributed by atoms with Crippen molar-refractivity contribution in [3.63, 3.8) is 0 Å². The Morgan fingerprint density at radius 1 is 1.20 bits per heavy atom. The molecule has 1 aromatic rings. The Labute approximate surface area is 122 Å². The minimum Gasteiger partial charge on any atom is -0.380 e. The SMILES string of the molecule is CCC1(Nc2ccc(S(=O)(=O)NC(C)C)cc2)CCC1. The largest absolute Gasteiger partial charge is 0.380 e. The molecule has 0 atom stereocenters. The molecule has 0 aromatic heterocycles. The zero-order valence-corrected chi connectivity index (χ0v) is 13.3. The lowest BCUT2D eigenvalue weighted by Gasteiger charge is -2.43. The molecule has 20 heavy (non-hydrogen) atoms. The molecule has 0 aliphatic heterocycles.